The third-order valence-corrected chi connectivity index (χ3v) is 4.97. The lowest BCUT2D eigenvalue weighted by molar-refractivity contribution is -0.134. The van der Waals surface area contributed by atoms with E-state index in [9.17, 15) is 9.59 Å². The molecule has 0 unspecified atom stereocenters. The Bertz CT molecular complexity index is 1060. The summed E-state index contributed by atoms with van der Waals surface area (Å²) in [5.74, 6) is 1.17. The topological polar surface area (TPSA) is 85.5 Å². The Morgan fingerprint density at radius 3 is 2.28 bits per heavy atom. The summed E-state index contributed by atoms with van der Waals surface area (Å²) in [5, 5.41) is 3.98. The van der Waals surface area contributed by atoms with Crippen molar-refractivity contribution in [2.24, 2.45) is 0 Å². The summed E-state index contributed by atoms with van der Waals surface area (Å²) in [6.45, 7) is 8.02. The van der Waals surface area contributed by atoms with Gasteiger partial charge in [-0.1, -0.05) is 43.6 Å². The van der Waals surface area contributed by atoms with Crippen LogP contribution in [-0.2, 0) is 16.6 Å². The normalized spacial score (nSPS) is 11.3. The fraction of sp³-hybridized carbons (Fsp3) is 0.360. The molecule has 0 saturated carbocycles. The number of esters is 1. The molecule has 7 heteroatoms. The van der Waals surface area contributed by atoms with Gasteiger partial charge in [0.1, 0.15) is 5.75 Å². The van der Waals surface area contributed by atoms with Gasteiger partial charge >= 0.3 is 5.97 Å². The number of carbonyl (C=O) groups is 2. The zero-order valence-electron chi connectivity index (χ0n) is 19.2. The largest absolute Gasteiger partial charge is 0.427 e. The molecule has 0 radical (unpaired) electrons. The van der Waals surface area contributed by atoms with Crippen molar-refractivity contribution in [2.45, 2.75) is 52.4 Å². The van der Waals surface area contributed by atoms with Crippen molar-refractivity contribution < 1.29 is 18.8 Å². The van der Waals surface area contributed by atoms with Gasteiger partial charge in [0, 0.05) is 36.6 Å². The number of benzene rings is 2. The second-order valence-corrected chi connectivity index (χ2v) is 8.81. The number of anilines is 1. The summed E-state index contributed by atoms with van der Waals surface area (Å²) in [7, 11) is 1.71. The number of ether oxygens (including phenoxy) is 1. The molecule has 1 heterocycles. The fourth-order valence-corrected chi connectivity index (χ4v) is 2.97. The van der Waals surface area contributed by atoms with Crippen LogP contribution < -0.4 is 9.64 Å². The Labute approximate surface area is 188 Å². The number of rotatable bonds is 7. The number of carbonyl (C=O) groups excluding carboxylic acids is 2. The van der Waals surface area contributed by atoms with Gasteiger partial charge in [-0.3, -0.25) is 9.59 Å². The van der Waals surface area contributed by atoms with E-state index < -0.39 is 0 Å². The molecule has 0 bridgehead atoms. The summed E-state index contributed by atoms with van der Waals surface area (Å²) >= 11 is 0. The van der Waals surface area contributed by atoms with Crippen LogP contribution in [0.4, 0.5) is 5.69 Å². The van der Waals surface area contributed by atoms with Gasteiger partial charge in [0.2, 0.25) is 5.89 Å². The molecule has 0 fully saturated rings. The first kappa shape index (κ1) is 23.2. The standard InChI is InChI=1S/C25H29N3O4/c1-17-9-11-18(12-10-17)23(30)28(5)19-13-15-20(16-14-19)31-22(29)8-6-7-21-26-24(27-32-21)25(2,3)4/h9-16H,6-8H2,1-5H3. The van der Waals surface area contributed by atoms with Gasteiger partial charge in [-0.2, -0.15) is 4.98 Å². The molecule has 168 valence electrons. The van der Waals surface area contributed by atoms with E-state index >= 15 is 0 Å². The van der Waals surface area contributed by atoms with Crippen LogP contribution in [0.25, 0.3) is 0 Å². The van der Waals surface area contributed by atoms with Crippen molar-refractivity contribution in [3.8, 4) is 5.75 Å². The third-order valence-electron chi connectivity index (χ3n) is 4.97. The first-order valence-electron chi connectivity index (χ1n) is 10.6. The van der Waals surface area contributed by atoms with Crippen molar-refractivity contribution in [3.05, 3.63) is 71.4 Å². The van der Waals surface area contributed by atoms with E-state index in [2.05, 4.69) is 10.1 Å². The van der Waals surface area contributed by atoms with E-state index in [4.69, 9.17) is 9.26 Å². The molecule has 2 aromatic carbocycles. The highest BCUT2D eigenvalue weighted by atomic mass is 16.5. The molecule has 0 atom stereocenters. The van der Waals surface area contributed by atoms with Crippen molar-refractivity contribution in [1.82, 2.24) is 10.1 Å². The zero-order chi connectivity index (χ0) is 23.3. The quantitative estimate of drug-likeness (QED) is 0.388. The van der Waals surface area contributed by atoms with Crippen molar-refractivity contribution >= 4 is 17.6 Å². The van der Waals surface area contributed by atoms with Gasteiger partial charge in [-0.05, 0) is 49.7 Å². The smallest absolute Gasteiger partial charge is 0.311 e. The maximum atomic E-state index is 12.6. The summed E-state index contributed by atoms with van der Waals surface area (Å²) in [6.07, 6.45) is 1.31. The summed E-state index contributed by atoms with van der Waals surface area (Å²) in [4.78, 5) is 30.7. The lowest BCUT2D eigenvalue weighted by atomic mass is 9.96. The van der Waals surface area contributed by atoms with Crippen LogP contribution in [0.3, 0.4) is 0 Å². The van der Waals surface area contributed by atoms with E-state index in [-0.39, 0.29) is 23.7 Å². The van der Waals surface area contributed by atoms with Crippen LogP contribution in [0, 0.1) is 6.92 Å². The number of aryl methyl sites for hydroxylation is 2. The highest BCUT2D eigenvalue weighted by Crippen LogP contribution is 2.22. The minimum Gasteiger partial charge on any atom is -0.427 e. The average Bonchev–Trinajstić information content (AvgIpc) is 3.23. The fourth-order valence-electron chi connectivity index (χ4n) is 2.97. The first-order valence-corrected chi connectivity index (χ1v) is 10.6. The first-order chi connectivity index (χ1) is 15.1. The third kappa shape index (κ3) is 6.03. The Hall–Kier alpha value is -3.48. The van der Waals surface area contributed by atoms with Gasteiger partial charge in [-0.15, -0.1) is 0 Å². The molecule has 1 amide bonds. The molecule has 32 heavy (non-hydrogen) atoms. The maximum absolute atomic E-state index is 12.6. The molecule has 0 saturated heterocycles. The number of amides is 1. The van der Waals surface area contributed by atoms with Gasteiger partial charge < -0.3 is 14.2 Å². The van der Waals surface area contributed by atoms with E-state index in [0.29, 0.717) is 41.6 Å². The van der Waals surface area contributed by atoms with Gasteiger partial charge in [0.05, 0.1) is 0 Å². The average molecular weight is 436 g/mol. The lowest BCUT2D eigenvalue weighted by Gasteiger charge is -2.18. The lowest BCUT2D eigenvalue weighted by Crippen LogP contribution is -2.26. The summed E-state index contributed by atoms with van der Waals surface area (Å²) in [6, 6.07) is 14.3. The number of hydrogen-bond acceptors (Lipinski definition) is 6. The monoisotopic (exact) mass is 435 g/mol. The van der Waals surface area contributed by atoms with Crippen LogP contribution >= 0.6 is 0 Å². The van der Waals surface area contributed by atoms with Crippen molar-refractivity contribution in [3.63, 3.8) is 0 Å². The number of aromatic nitrogens is 2. The molecule has 0 N–H and O–H groups in total. The van der Waals surface area contributed by atoms with E-state index in [0.717, 1.165) is 5.56 Å². The van der Waals surface area contributed by atoms with Crippen molar-refractivity contribution in [2.75, 3.05) is 11.9 Å². The molecule has 0 aliphatic rings. The van der Waals surface area contributed by atoms with Gasteiger partial charge in [-0.25, -0.2) is 0 Å². The van der Waals surface area contributed by atoms with Crippen LogP contribution in [-0.4, -0.2) is 29.1 Å². The molecular formula is C25H29N3O4. The molecule has 0 spiro atoms. The summed E-state index contributed by atoms with van der Waals surface area (Å²) in [5.41, 5.74) is 2.25. The maximum Gasteiger partial charge on any atom is 0.311 e. The summed E-state index contributed by atoms with van der Waals surface area (Å²) < 4.78 is 10.6. The van der Waals surface area contributed by atoms with Crippen LogP contribution in [0.2, 0.25) is 0 Å². The number of hydrogen-bond donors (Lipinski definition) is 0. The molecule has 1 aromatic heterocycles. The van der Waals surface area contributed by atoms with E-state index in [1.807, 2.05) is 52.0 Å². The highest BCUT2D eigenvalue weighted by Gasteiger charge is 2.21. The second-order valence-electron chi connectivity index (χ2n) is 8.81. The predicted octanol–water partition coefficient (Wildman–Crippen LogP) is 4.88. The highest BCUT2D eigenvalue weighted by molar-refractivity contribution is 6.05. The second kappa shape index (κ2) is 9.77. The molecule has 0 aliphatic heterocycles. The minimum atomic E-state index is -0.336. The Morgan fingerprint density at radius 1 is 1.03 bits per heavy atom. The Morgan fingerprint density at radius 2 is 1.69 bits per heavy atom. The number of nitrogens with zero attached hydrogens (tertiary/aromatic N) is 3. The minimum absolute atomic E-state index is 0.106. The van der Waals surface area contributed by atoms with Crippen molar-refractivity contribution in [1.29, 1.82) is 0 Å². The van der Waals surface area contributed by atoms with E-state index in [1.54, 1.807) is 36.2 Å². The van der Waals surface area contributed by atoms with Gasteiger partial charge in [0.25, 0.3) is 5.91 Å². The van der Waals surface area contributed by atoms with Crippen LogP contribution in [0.1, 0.15) is 61.2 Å². The molecule has 3 rings (SSSR count). The Balaban J connectivity index is 1.49. The van der Waals surface area contributed by atoms with Crippen LogP contribution in [0.15, 0.2) is 53.1 Å². The molecule has 0 aliphatic carbocycles. The van der Waals surface area contributed by atoms with Gasteiger partial charge in [0.15, 0.2) is 5.82 Å². The van der Waals surface area contributed by atoms with E-state index in [1.165, 1.54) is 0 Å². The zero-order valence-corrected chi connectivity index (χ0v) is 19.2. The molecular weight excluding hydrogens is 406 g/mol. The SMILES string of the molecule is Cc1ccc(C(=O)N(C)c2ccc(OC(=O)CCCc3nc(C(C)(C)C)no3)cc2)cc1. The van der Waals surface area contributed by atoms with Crippen LogP contribution in [0.5, 0.6) is 5.75 Å². The molecule has 7 nitrogen and oxygen atoms in total. The molecule has 3 aromatic rings. The Kier molecular flexibility index (Phi) is 7.08. The predicted molar refractivity (Wildman–Crippen MR) is 122 cm³/mol.